The van der Waals surface area contributed by atoms with E-state index >= 15 is 0 Å². The Balaban J connectivity index is 1.77. The summed E-state index contributed by atoms with van der Waals surface area (Å²) in [4.78, 5) is 26.9. The minimum Gasteiger partial charge on any atom is -0.368 e. The van der Waals surface area contributed by atoms with E-state index in [-0.39, 0.29) is 24.4 Å². The van der Waals surface area contributed by atoms with Crippen LogP contribution in [0.4, 0.5) is 5.82 Å². The molecule has 0 spiro atoms. The van der Waals surface area contributed by atoms with Gasteiger partial charge < -0.3 is 10.1 Å². The minimum absolute atomic E-state index is 0.0454. The lowest BCUT2D eigenvalue weighted by molar-refractivity contribution is -0.123. The number of aromatic nitrogens is 1. The van der Waals surface area contributed by atoms with Crippen LogP contribution in [0.5, 0.6) is 0 Å². The van der Waals surface area contributed by atoms with Crippen molar-refractivity contribution < 1.29 is 14.3 Å². The molecule has 0 radical (unpaired) electrons. The molecule has 5 nitrogen and oxygen atoms in total. The van der Waals surface area contributed by atoms with Crippen molar-refractivity contribution >= 4 is 17.5 Å². The second kappa shape index (κ2) is 7.14. The van der Waals surface area contributed by atoms with Gasteiger partial charge in [-0.05, 0) is 31.9 Å². The number of hydrogen-bond acceptors (Lipinski definition) is 4. The van der Waals surface area contributed by atoms with E-state index in [1.807, 2.05) is 0 Å². The summed E-state index contributed by atoms with van der Waals surface area (Å²) in [6.45, 7) is 1.54. The summed E-state index contributed by atoms with van der Waals surface area (Å²) in [6, 6.07) is 3.27. The number of ether oxygens (including phenoxy) is 1. The Bertz CT molecular complexity index is 465. The summed E-state index contributed by atoms with van der Waals surface area (Å²) in [5.74, 6) is 0.182. The molecule has 1 heterocycles. The Kier molecular flexibility index (Phi) is 5.24. The zero-order valence-corrected chi connectivity index (χ0v) is 11.7. The Hall–Kier alpha value is -1.75. The maximum Gasteiger partial charge on any atom is 0.251 e. The molecule has 5 heteroatoms. The predicted octanol–water partition coefficient (Wildman–Crippen LogP) is 2.57. The number of nitrogens with one attached hydrogen (secondary N) is 1. The molecular formula is C15H20N2O3. The second-order valence-electron chi connectivity index (χ2n) is 5.11. The number of ketones is 1. The molecule has 108 valence electrons. The Morgan fingerprint density at radius 3 is 2.65 bits per heavy atom. The second-order valence-corrected chi connectivity index (χ2v) is 5.11. The largest absolute Gasteiger partial charge is 0.368 e. The van der Waals surface area contributed by atoms with E-state index in [1.165, 1.54) is 32.4 Å². The smallest absolute Gasteiger partial charge is 0.251 e. The topological polar surface area (TPSA) is 68.3 Å². The van der Waals surface area contributed by atoms with Gasteiger partial charge in [-0.3, -0.25) is 9.59 Å². The van der Waals surface area contributed by atoms with Crippen molar-refractivity contribution in [3.63, 3.8) is 0 Å². The molecule has 0 aromatic carbocycles. The maximum atomic E-state index is 11.7. The highest BCUT2D eigenvalue weighted by molar-refractivity contribution is 5.94. The quantitative estimate of drug-likeness (QED) is 0.839. The summed E-state index contributed by atoms with van der Waals surface area (Å²) in [5, 5.41) is 2.66. The summed E-state index contributed by atoms with van der Waals surface area (Å²) in [7, 11) is 0. The first-order valence-electron chi connectivity index (χ1n) is 7.03. The molecule has 0 bridgehead atoms. The van der Waals surface area contributed by atoms with E-state index in [9.17, 15) is 9.59 Å². The van der Waals surface area contributed by atoms with E-state index in [0.29, 0.717) is 11.4 Å². The first-order chi connectivity index (χ1) is 9.65. The lowest BCUT2D eigenvalue weighted by atomic mass is 9.98. The van der Waals surface area contributed by atoms with E-state index < -0.39 is 0 Å². The van der Waals surface area contributed by atoms with Gasteiger partial charge in [0.1, 0.15) is 12.4 Å². The summed E-state index contributed by atoms with van der Waals surface area (Å²) < 4.78 is 5.58. The predicted molar refractivity (Wildman–Crippen MR) is 75.7 cm³/mol. The number of pyridine rings is 1. The molecule has 1 saturated carbocycles. The highest BCUT2D eigenvalue weighted by Gasteiger charge is 2.15. The number of nitrogens with zero attached hydrogens (tertiary/aromatic N) is 1. The fraction of sp³-hybridized carbons (Fsp3) is 0.533. The molecule has 0 unspecified atom stereocenters. The fourth-order valence-electron chi connectivity index (χ4n) is 2.28. The lowest BCUT2D eigenvalue weighted by Gasteiger charge is -2.21. The number of rotatable bonds is 5. The standard InChI is InChI=1S/C15H20N2O3/c1-11(18)12-7-8-14(16-9-12)17-15(19)10-20-13-5-3-2-4-6-13/h7-9,13H,2-6,10H2,1H3,(H,16,17,19). The molecule has 0 atom stereocenters. The normalized spacial score (nSPS) is 15.8. The van der Waals surface area contributed by atoms with Crippen LogP contribution in [0, 0.1) is 0 Å². The summed E-state index contributed by atoms with van der Waals surface area (Å²) >= 11 is 0. The zero-order chi connectivity index (χ0) is 14.4. The van der Waals surface area contributed by atoms with Gasteiger partial charge in [-0.1, -0.05) is 19.3 Å². The van der Waals surface area contributed by atoms with Gasteiger partial charge in [0, 0.05) is 11.8 Å². The Morgan fingerprint density at radius 2 is 2.05 bits per heavy atom. The van der Waals surface area contributed by atoms with E-state index in [1.54, 1.807) is 12.1 Å². The third kappa shape index (κ3) is 4.42. The SMILES string of the molecule is CC(=O)c1ccc(NC(=O)COC2CCCCC2)nc1. The average molecular weight is 276 g/mol. The van der Waals surface area contributed by atoms with Gasteiger partial charge >= 0.3 is 0 Å². The Morgan fingerprint density at radius 1 is 1.30 bits per heavy atom. The van der Waals surface area contributed by atoms with Crippen molar-refractivity contribution in [1.82, 2.24) is 4.98 Å². The van der Waals surface area contributed by atoms with Crippen LogP contribution < -0.4 is 5.32 Å². The third-order valence-electron chi connectivity index (χ3n) is 3.44. The molecule has 0 aliphatic heterocycles. The molecular weight excluding hydrogens is 256 g/mol. The summed E-state index contributed by atoms with van der Waals surface area (Å²) in [5.41, 5.74) is 0.529. The molecule has 1 aliphatic carbocycles. The van der Waals surface area contributed by atoms with Crippen LogP contribution >= 0.6 is 0 Å². The number of carbonyl (C=O) groups is 2. The number of Topliss-reactive ketones (excluding diaryl/α,β-unsaturated/α-hetero) is 1. The van der Waals surface area contributed by atoms with Gasteiger partial charge in [0.2, 0.25) is 0 Å². The number of hydrogen-bond donors (Lipinski definition) is 1. The van der Waals surface area contributed by atoms with Gasteiger partial charge in [-0.15, -0.1) is 0 Å². The molecule has 1 aliphatic rings. The van der Waals surface area contributed by atoms with Crippen molar-refractivity contribution in [2.45, 2.75) is 45.1 Å². The van der Waals surface area contributed by atoms with Crippen LogP contribution in [0.15, 0.2) is 18.3 Å². The minimum atomic E-state index is -0.210. The molecule has 1 aromatic heterocycles. The molecule has 0 saturated heterocycles. The lowest BCUT2D eigenvalue weighted by Crippen LogP contribution is -2.25. The van der Waals surface area contributed by atoms with Gasteiger partial charge in [0.25, 0.3) is 5.91 Å². The van der Waals surface area contributed by atoms with E-state index in [2.05, 4.69) is 10.3 Å². The van der Waals surface area contributed by atoms with Crippen LogP contribution in [0.3, 0.4) is 0 Å². The van der Waals surface area contributed by atoms with Crippen LogP contribution in [0.2, 0.25) is 0 Å². The first kappa shape index (κ1) is 14.7. The molecule has 1 aromatic rings. The van der Waals surface area contributed by atoms with Crippen LogP contribution in [-0.2, 0) is 9.53 Å². The average Bonchev–Trinajstić information content (AvgIpc) is 2.47. The van der Waals surface area contributed by atoms with Crippen LogP contribution in [0.1, 0.15) is 49.4 Å². The van der Waals surface area contributed by atoms with Crippen molar-refractivity contribution in [2.75, 3.05) is 11.9 Å². The Labute approximate surface area is 118 Å². The molecule has 1 amide bonds. The number of anilines is 1. The third-order valence-corrected chi connectivity index (χ3v) is 3.44. The van der Waals surface area contributed by atoms with Gasteiger partial charge in [0.15, 0.2) is 5.78 Å². The van der Waals surface area contributed by atoms with Crippen molar-refractivity contribution in [3.05, 3.63) is 23.9 Å². The first-order valence-corrected chi connectivity index (χ1v) is 7.03. The fourth-order valence-corrected chi connectivity index (χ4v) is 2.28. The number of amides is 1. The van der Waals surface area contributed by atoms with E-state index in [0.717, 1.165) is 12.8 Å². The van der Waals surface area contributed by atoms with Gasteiger partial charge in [-0.2, -0.15) is 0 Å². The molecule has 1 N–H and O–H groups in total. The van der Waals surface area contributed by atoms with E-state index in [4.69, 9.17) is 4.74 Å². The summed E-state index contributed by atoms with van der Waals surface area (Å²) in [6.07, 6.45) is 7.37. The monoisotopic (exact) mass is 276 g/mol. The molecule has 2 rings (SSSR count). The molecule has 20 heavy (non-hydrogen) atoms. The molecule has 1 fully saturated rings. The van der Waals surface area contributed by atoms with Crippen molar-refractivity contribution in [3.8, 4) is 0 Å². The van der Waals surface area contributed by atoms with Gasteiger partial charge in [-0.25, -0.2) is 4.98 Å². The van der Waals surface area contributed by atoms with Crippen molar-refractivity contribution in [2.24, 2.45) is 0 Å². The van der Waals surface area contributed by atoms with Crippen LogP contribution in [0.25, 0.3) is 0 Å². The zero-order valence-electron chi connectivity index (χ0n) is 11.7. The van der Waals surface area contributed by atoms with Gasteiger partial charge in [0.05, 0.1) is 6.10 Å². The van der Waals surface area contributed by atoms with Crippen LogP contribution in [-0.4, -0.2) is 29.4 Å². The highest BCUT2D eigenvalue weighted by Crippen LogP contribution is 2.20. The number of carbonyl (C=O) groups excluding carboxylic acids is 2. The maximum absolute atomic E-state index is 11.7. The highest BCUT2D eigenvalue weighted by atomic mass is 16.5. The van der Waals surface area contributed by atoms with Crippen molar-refractivity contribution in [1.29, 1.82) is 0 Å².